The van der Waals surface area contributed by atoms with Gasteiger partial charge in [-0.3, -0.25) is 0 Å². The molecule has 19 heavy (non-hydrogen) atoms. The summed E-state index contributed by atoms with van der Waals surface area (Å²) in [5.74, 6) is 0. The second kappa shape index (κ2) is 129. The van der Waals surface area contributed by atoms with Crippen LogP contribution in [0.5, 0.6) is 0 Å². The largest absolute Gasteiger partial charge is 0.855 e. The topological polar surface area (TPSA) is 138 Å². The first-order valence-electron chi connectivity index (χ1n) is 5.97. The molecule has 0 bridgehead atoms. The van der Waals surface area contributed by atoms with Gasteiger partial charge in [-0.1, -0.05) is 41.5 Å². The Morgan fingerprint density at radius 3 is 0.368 bits per heavy atom. The van der Waals surface area contributed by atoms with Crippen LogP contribution in [0.2, 0.25) is 0 Å². The van der Waals surface area contributed by atoms with Crippen molar-refractivity contribution in [2.45, 2.75) is 41.5 Å². The van der Waals surface area contributed by atoms with Crippen molar-refractivity contribution in [1.82, 2.24) is 0 Å². The van der Waals surface area contributed by atoms with Gasteiger partial charge in [-0.05, 0) is 0 Å². The molecule has 0 atom stereocenters. The summed E-state index contributed by atoms with van der Waals surface area (Å²) in [5, 5.41) is 53.6. The first-order valence-corrected chi connectivity index (χ1v) is 5.97. The van der Waals surface area contributed by atoms with Gasteiger partial charge >= 0.3 is 0 Å². The predicted octanol–water partition coefficient (Wildman–Crippen LogP) is -3.80. The van der Waals surface area contributed by atoms with Crippen molar-refractivity contribution in [2.75, 3.05) is 39.6 Å². The summed E-state index contributed by atoms with van der Waals surface area (Å²) < 4.78 is 0. The Balaban J connectivity index is -0.0000000180. The van der Waals surface area contributed by atoms with Gasteiger partial charge in [0, 0.05) is 31.1 Å². The first kappa shape index (κ1) is 42.7. The summed E-state index contributed by atoms with van der Waals surface area (Å²) in [6.07, 6.45) is 0. The summed E-state index contributed by atoms with van der Waals surface area (Å²) in [7, 11) is 0. The molecule has 0 heterocycles. The molecule has 0 aliphatic heterocycles. The number of rotatable bonds is 0. The van der Waals surface area contributed by atoms with Crippen LogP contribution in [0.1, 0.15) is 41.5 Å². The van der Waals surface area contributed by atoms with Crippen molar-refractivity contribution in [3.63, 3.8) is 0 Å². The SMILES string of the molecule is CC[O-].CC[O-].CC[O-].CC[O-].CC[O-].CC[O-].[U]. The van der Waals surface area contributed by atoms with Crippen molar-refractivity contribution in [2.24, 2.45) is 0 Å². The zero-order chi connectivity index (χ0) is 16.2. The molecular formula is C12H30O6U-6. The van der Waals surface area contributed by atoms with Gasteiger partial charge < -0.3 is 30.6 Å². The van der Waals surface area contributed by atoms with Crippen LogP contribution < -0.4 is 30.6 Å². The zero-order valence-electron chi connectivity index (χ0n) is 13.2. The van der Waals surface area contributed by atoms with E-state index < -0.39 is 0 Å². The maximum Gasteiger partial charge on any atom is 0 e. The van der Waals surface area contributed by atoms with Crippen molar-refractivity contribution in [3.05, 3.63) is 0 Å². The summed E-state index contributed by atoms with van der Waals surface area (Å²) in [5.41, 5.74) is 0. The van der Waals surface area contributed by atoms with E-state index in [1.165, 1.54) is 0 Å². The van der Waals surface area contributed by atoms with E-state index in [9.17, 15) is 0 Å². The second-order valence-electron chi connectivity index (χ2n) is 1.73. The van der Waals surface area contributed by atoms with E-state index in [0.29, 0.717) is 0 Å². The van der Waals surface area contributed by atoms with Gasteiger partial charge in [0.05, 0.1) is 0 Å². The molecule has 0 saturated heterocycles. The van der Waals surface area contributed by atoms with Crippen molar-refractivity contribution in [3.8, 4) is 0 Å². The van der Waals surface area contributed by atoms with Gasteiger partial charge in [0.1, 0.15) is 0 Å². The Hall–Kier alpha value is 0.812. The Morgan fingerprint density at radius 1 is 0.368 bits per heavy atom. The third-order valence-corrected chi connectivity index (χ3v) is 0. The fraction of sp³-hybridized carbons (Fsp3) is 1.00. The smallest absolute Gasteiger partial charge is 0 e. The van der Waals surface area contributed by atoms with E-state index in [4.69, 9.17) is 30.6 Å². The van der Waals surface area contributed by atoms with Crippen LogP contribution in [-0.4, -0.2) is 39.6 Å². The quantitative estimate of drug-likeness (QED) is 0.329. The molecule has 0 amide bonds. The summed E-state index contributed by atoms with van der Waals surface area (Å²) >= 11 is 0. The Kier molecular flexibility index (Phi) is 289. The average molecular weight is 508 g/mol. The van der Waals surface area contributed by atoms with E-state index in [-0.39, 0.29) is 70.8 Å². The molecule has 0 saturated carbocycles. The molecule has 0 unspecified atom stereocenters. The van der Waals surface area contributed by atoms with Crippen LogP contribution in [0.3, 0.4) is 0 Å². The van der Waals surface area contributed by atoms with Gasteiger partial charge in [0.2, 0.25) is 0 Å². The molecule has 6 nitrogen and oxygen atoms in total. The normalized spacial score (nSPS) is 5.68. The van der Waals surface area contributed by atoms with Crippen LogP contribution in [0, 0.1) is 31.1 Å². The minimum absolute atomic E-state index is 0. The molecule has 0 rings (SSSR count). The first-order chi connectivity index (χ1) is 8.49. The third-order valence-electron chi connectivity index (χ3n) is 0. The Bertz CT molecular complexity index is 37.7. The maximum absolute atomic E-state index is 8.93. The molecule has 0 spiro atoms. The van der Waals surface area contributed by atoms with E-state index in [2.05, 4.69) is 0 Å². The molecule has 0 radical (unpaired) electrons. The monoisotopic (exact) mass is 508 g/mol. The molecule has 124 valence electrons. The average Bonchev–Trinajstić information content (AvgIpc) is 2.23. The number of hydrogen-bond acceptors (Lipinski definition) is 6. The fourth-order valence-electron chi connectivity index (χ4n) is 0. The van der Waals surface area contributed by atoms with E-state index >= 15 is 0 Å². The van der Waals surface area contributed by atoms with Gasteiger partial charge in [0.25, 0.3) is 0 Å². The van der Waals surface area contributed by atoms with Crippen molar-refractivity contribution < 1.29 is 61.8 Å². The third kappa shape index (κ3) is 8070. The Labute approximate surface area is 142 Å². The predicted molar refractivity (Wildman–Crippen MR) is 63.2 cm³/mol. The van der Waals surface area contributed by atoms with Crippen LogP contribution in [-0.2, 0) is 0 Å². The van der Waals surface area contributed by atoms with E-state index in [0.717, 1.165) is 0 Å². The Morgan fingerprint density at radius 2 is 0.368 bits per heavy atom. The molecule has 0 aliphatic rings. The van der Waals surface area contributed by atoms with Crippen LogP contribution in [0.4, 0.5) is 0 Å². The summed E-state index contributed by atoms with van der Waals surface area (Å²) in [4.78, 5) is 0. The van der Waals surface area contributed by atoms with Crippen molar-refractivity contribution >= 4 is 0 Å². The van der Waals surface area contributed by atoms with Gasteiger partial charge in [0.15, 0.2) is 0 Å². The second-order valence-corrected chi connectivity index (χ2v) is 1.73. The van der Waals surface area contributed by atoms with Crippen molar-refractivity contribution in [1.29, 1.82) is 0 Å². The fourth-order valence-corrected chi connectivity index (χ4v) is 0. The zero-order valence-corrected chi connectivity index (χ0v) is 17.4. The minimum Gasteiger partial charge on any atom is -0.855 e. The van der Waals surface area contributed by atoms with Gasteiger partial charge in [-0.25, -0.2) is 0 Å². The molecule has 0 aliphatic carbocycles. The molecule has 0 aromatic rings. The molecule has 0 aromatic carbocycles. The van der Waals surface area contributed by atoms with Gasteiger partial charge in [-0.15, -0.1) is 39.6 Å². The molecule has 0 fully saturated rings. The molecule has 0 N–H and O–H groups in total. The standard InChI is InChI=1S/6C2H5O.U/c6*1-2-3;/h6*2H2,1H3;/q6*-1;. The van der Waals surface area contributed by atoms with E-state index in [1.54, 1.807) is 41.5 Å². The van der Waals surface area contributed by atoms with Crippen LogP contribution in [0.25, 0.3) is 0 Å². The molecule has 7 heteroatoms. The molecular weight excluding hydrogens is 478 g/mol. The van der Waals surface area contributed by atoms with Crippen LogP contribution >= 0.6 is 0 Å². The van der Waals surface area contributed by atoms with Gasteiger partial charge in [-0.2, -0.15) is 0 Å². The van der Waals surface area contributed by atoms with E-state index in [1.807, 2.05) is 0 Å². The summed E-state index contributed by atoms with van der Waals surface area (Å²) in [6, 6.07) is 0. The molecule has 0 aromatic heterocycles. The number of hydrogen-bond donors (Lipinski definition) is 0. The summed E-state index contributed by atoms with van der Waals surface area (Å²) in [6.45, 7) is 9.42. The minimum atomic E-state index is 0. The van der Waals surface area contributed by atoms with Crippen LogP contribution in [0.15, 0.2) is 0 Å². The maximum atomic E-state index is 8.93.